The molecule has 0 radical (unpaired) electrons. The van der Waals surface area contributed by atoms with Crippen LogP contribution < -0.4 is 0 Å². The van der Waals surface area contributed by atoms with Crippen LogP contribution in [0.1, 0.15) is 10.7 Å². The molecule has 1 aliphatic heterocycles. The first-order valence-corrected chi connectivity index (χ1v) is 5.80. The first kappa shape index (κ1) is 10.6. The largest absolute Gasteiger partial charge is 0.361 e. The molecular weight excluding hydrogens is 210 g/mol. The third-order valence-electron chi connectivity index (χ3n) is 2.35. The van der Waals surface area contributed by atoms with E-state index in [0.29, 0.717) is 13.2 Å². The Hall–Kier alpha value is -0.960. The molecule has 4 nitrogen and oxygen atoms in total. The average Bonchev–Trinajstić information content (AvgIpc) is 2.64. The summed E-state index contributed by atoms with van der Waals surface area (Å²) in [5.74, 6) is 0. The van der Waals surface area contributed by atoms with Crippen LogP contribution in [0.5, 0.6) is 0 Å². The normalized spacial score (nSPS) is 22.5. The number of morpholine rings is 1. The van der Waals surface area contributed by atoms with Gasteiger partial charge in [-0.1, -0.05) is 0 Å². The fourth-order valence-corrected chi connectivity index (χ4v) is 2.24. The van der Waals surface area contributed by atoms with Gasteiger partial charge < -0.3 is 4.74 Å². The lowest BCUT2D eigenvalue weighted by Gasteiger charge is -2.28. The maximum atomic E-state index is 8.76. The summed E-state index contributed by atoms with van der Waals surface area (Å²) in [6, 6.07) is 2.14. The number of nitrogens with zero attached hydrogens (tertiary/aromatic N) is 3. The van der Waals surface area contributed by atoms with Crippen LogP contribution in [-0.2, 0) is 11.3 Å². The minimum atomic E-state index is -0.279. The molecule has 1 unspecified atom stereocenters. The van der Waals surface area contributed by atoms with Crippen LogP contribution in [0.2, 0.25) is 0 Å². The molecule has 15 heavy (non-hydrogen) atoms. The monoisotopic (exact) mass is 223 g/mol. The lowest BCUT2D eigenvalue weighted by Crippen LogP contribution is -2.41. The third-order valence-corrected chi connectivity index (χ3v) is 3.17. The molecule has 0 bridgehead atoms. The summed E-state index contributed by atoms with van der Waals surface area (Å²) >= 11 is 1.67. The molecule has 5 heteroatoms. The minimum Gasteiger partial charge on any atom is -0.361 e. The van der Waals surface area contributed by atoms with Crippen LogP contribution in [0.15, 0.2) is 5.38 Å². The van der Waals surface area contributed by atoms with E-state index in [1.807, 2.05) is 6.92 Å². The smallest absolute Gasteiger partial charge is 0.156 e. The second-order valence-corrected chi connectivity index (χ2v) is 4.64. The molecule has 1 fully saturated rings. The highest BCUT2D eigenvalue weighted by atomic mass is 32.1. The molecule has 1 aromatic rings. The lowest BCUT2D eigenvalue weighted by atomic mass is 10.3. The molecule has 2 rings (SSSR count). The molecule has 0 aromatic carbocycles. The van der Waals surface area contributed by atoms with Crippen molar-refractivity contribution in [2.75, 3.05) is 19.7 Å². The molecule has 1 saturated heterocycles. The average molecular weight is 223 g/mol. The second-order valence-electron chi connectivity index (χ2n) is 3.58. The van der Waals surface area contributed by atoms with Crippen molar-refractivity contribution in [1.82, 2.24) is 9.88 Å². The topological polar surface area (TPSA) is 49.2 Å². The number of aromatic nitrogens is 1. The molecule has 80 valence electrons. The van der Waals surface area contributed by atoms with Crippen LogP contribution >= 0.6 is 11.3 Å². The van der Waals surface area contributed by atoms with Gasteiger partial charge in [0.05, 0.1) is 23.4 Å². The Labute approximate surface area is 93.1 Å². The van der Waals surface area contributed by atoms with Crippen molar-refractivity contribution in [3.63, 3.8) is 0 Å². The molecule has 0 aliphatic carbocycles. The Morgan fingerprint density at radius 3 is 3.33 bits per heavy atom. The molecule has 1 atom stereocenters. The van der Waals surface area contributed by atoms with Crippen molar-refractivity contribution >= 4 is 11.3 Å². The van der Waals surface area contributed by atoms with Gasteiger partial charge in [0.2, 0.25) is 0 Å². The Bertz CT molecular complexity index is 371. The molecular formula is C10H13N3OS. The van der Waals surface area contributed by atoms with E-state index in [4.69, 9.17) is 10.00 Å². The minimum absolute atomic E-state index is 0.279. The summed E-state index contributed by atoms with van der Waals surface area (Å²) < 4.78 is 5.28. The summed E-state index contributed by atoms with van der Waals surface area (Å²) in [5.41, 5.74) is 1.09. The van der Waals surface area contributed by atoms with Crippen LogP contribution in [0.4, 0.5) is 0 Å². The van der Waals surface area contributed by atoms with E-state index in [0.717, 1.165) is 23.8 Å². The molecule has 2 heterocycles. The van der Waals surface area contributed by atoms with E-state index in [9.17, 15) is 0 Å². The van der Waals surface area contributed by atoms with Crippen molar-refractivity contribution in [1.29, 1.82) is 5.26 Å². The highest BCUT2D eigenvalue weighted by molar-refractivity contribution is 7.09. The molecule has 0 N–H and O–H groups in total. The summed E-state index contributed by atoms with van der Waals surface area (Å²) in [6.45, 7) is 5.04. The fraction of sp³-hybridized carbons (Fsp3) is 0.600. The zero-order valence-electron chi connectivity index (χ0n) is 8.64. The standard InChI is InChI=1S/C10H13N3OS/c1-8-12-9(7-15-8)5-13-2-3-14-10(4-11)6-13/h7,10H,2-3,5-6H2,1H3. The second kappa shape index (κ2) is 4.71. The van der Waals surface area contributed by atoms with E-state index < -0.39 is 0 Å². The third kappa shape index (κ3) is 2.75. The van der Waals surface area contributed by atoms with E-state index >= 15 is 0 Å². The Kier molecular flexibility index (Phi) is 3.31. The van der Waals surface area contributed by atoms with Gasteiger partial charge in [0, 0.05) is 25.0 Å². The Balaban J connectivity index is 1.92. The highest BCUT2D eigenvalue weighted by Gasteiger charge is 2.20. The first-order chi connectivity index (χ1) is 7.28. The summed E-state index contributed by atoms with van der Waals surface area (Å²) in [4.78, 5) is 6.62. The van der Waals surface area contributed by atoms with Crippen molar-refractivity contribution in [2.24, 2.45) is 0 Å². The number of nitriles is 1. The maximum absolute atomic E-state index is 8.76. The van der Waals surface area contributed by atoms with Gasteiger partial charge in [0.25, 0.3) is 0 Å². The molecule has 1 aromatic heterocycles. The van der Waals surface area contributed by atoms with Crippen molar-refractivity contribution in [3.05, 3.63) is 16.1 Å². The Morgan fingerprint density at radius 1 is 1.80 bits per heavy atom. The maximum Gasteiger partial charge on any atom is 0.156 e. The predicted molar refractivity (Wildman–Crippen MR) is 57.5 cm³/mol. The van der Waals surface area contributed by atoms with Crippen LogP contribution in [-0.4, -0.2) is 35.7 Å². The van der Waals surface area contributed by atoms with E-state index in [-0.39, 0.29) is 6.10 Å². The van der Waals surface area contributed by atoms with Gasteiger partial charge in [-0.15, -0.1) is 11.3 Å². The number of hydrogen-bond donors (Lipinski definition) is 0. The van der Waals surface area contributed by atoms with Crippen LogP contribution in [0.3, 0.4) is 0 Å². The van der Waals surface area contributed by atoms with Crippen molar-refractivity contribution in [3.8, 4) is 6.07 Å². The number of thiazole rings is 1. The zero-order valence-corrected chi connectivity index (χ0v) is 9.46. The predicted octanol–water partition coefficient (Wildman–Crippen LogP) is 1.18. The van der Waals surface area contributed by atoms with Crippen molar-refractivity contribution in [2.45, 2.75) is 19.6 Å². The zero-order chi connectivity index (χ0) is 10.7. The molecule has 1 aliphatic rings. The van der Waals surface area contributed by atoms with E-state index in [2.05, 4.69) is 21.3 Å². The molecule has 0 amide bonds. The molecule has 0 saturated carbocycles. The summed E-state index contributed by atoms with van der Waals surface area (Å²) in [5, 5.41) is 11.9. The van der Waals surface area contributed by atoms with Gasteiger partial charge in [-0.25, -0.2) is 4.98 Å². The number of hydrogen-bond acceptors (Lipinski definition) is 5. The first-order valence-electron chi connectivity index (χ1n) is 4.92. The molecule has 0 spiro atoms. The SMILES string of the molecule is Cc1nc(CN2CCOC(C#N)C2)cs1. The van der Waals surface area contributed by atoms with Crippen molar-refractivity contribution < 1.29 is 4.74 Å². The fourth-order valence-electron chi connectivity index (χ4n) is 1.63. The van der Waals surface area contributed by atoms with E-state index in [1.54, 1.807) is 11.3 Å². The van der Waals surface area contributed by atoms with E-state index in [1.165, 1.54) is 0 Å². The Morgan fingerprint density at radius 2 is 2.67 bits per heavy atom. The van der Waals surface area contributed by atoms with Gasteiger partial charge in [0.15, 0.2) is 6.10 Å². The summed E-state index contributed by atoms with van der Waals surface area (Å²) in [7, 11) is 0. The van der Waals surface area contributed by atoms with Gasteiger partial charge in [-0.2, -0.15) is 5.26 Å². The van der Waals surface area contributed by atoms with Gasteiger partial charge in [-0.3, -0.25) is 4.90 Å². The van der Waals surface area contributed by atoms with Crippen LogP contribution in [0, 0.1) is 18.3 Å². The van der Waals surface area contributed by atoms with Gasteiger partial charge in [-0.05, 0) is 6.92 Å². The quantitative estimate of drug-likeness (QED) is 0.755. The van der Waals surface area contributed by atoms with Gasteiger partial charge >= 0.3 is 0 Å². The highest BCUT2D eigenvalue weighted by Crippen LogP contribution is 2.12. The number of rotatable bonds is 2. The van der Waals surface area contributed by atoms with Gasteiger partial charge in [0.1, 0.15) is 0 Å². The summed E-state index contributed by atoms with van der Waals surface area (Å²) in [6.07, 6.45) is -0.279. The lowest BCUT2D eigenvalue weighted by molar-refractivity contribution is -0.00306. The van der Waals surface area contributed by atoms with Crippen LogP contribution in [0.25, 0.3) is 0 Å². The number of ether oxygens (including phenoxy) is 1. The number of aryl methyl sites for hydroxylation is 1.